The van der Waals surface area contributed by atoms with Crippen LogP contribution in [0.3, 0.4) is 0 Å². The van der Waals surface area contributed by atoms with Gasteiger partial charge >= 0.3 is 5.97 Å². The number of ether oxygens (including phenoxy) is 2. The minimum absolute atomic E-state index is 0.0343. The zero-order valence-corrected chi connectivity index (χ0v) is 16.3. The first-order chi connectivity index (χ1) is 13.8. The number of sulfonamides is 1. The number of carbonyl (C=O) groups is 1. The summed E-state index contributed by atoms with van der Waals surface area (Å²) in [4.78, 5) is 10.6. The van der Waals surface area contributed by atoms with Gasteiger partial charge in [-0.2, -0.15) is 0 Å². The molecule has 0 radical (unpaired) electrons. The maximum Gasteiger partial charge on any atom is 0.341 e. The molecule has 29 heavy (non-hydrogen) atoms. The van der Waals surface area contributed by atoms with Gasteiger partial charge in [0, 0.05) is 6.07 Å². The van der Waals surface area contributed by atoms with Gasteiger partial charge in [0.2, 0.25) is 0 Å². The lowest BCUT2D eigenvalue weighted by molar-refractivity contribution is -0.139. The molecule has 3 aromatic carbocycles. The molecule has 3 aromatic rings. The molecule has 0 aliphatic carbocycles. The van der Waals surface area contributed by atoms with Gasteiger partial charge in [0.15, 0.2) is 6.61 Å². The van der Waals surface area contributed by atoms with Crippen molar-refractivity contribution in [1.29, 1.82) is 0 Å². The third kappa shape index (κ3) is 5.49. The molecule has 0 fully saturated rings. The van der Waals surface area contributed by atoms with E-state index in [2.05, 4.69) is 4.72 Å². The molecule has 0 aliphatic heterocycles. The molecule has 0 atom stereocenters. The third-order valence-electron chi connectivity index (χ3n) is 3.87. The Labute approximate surface area is 168 Å². The van der Waals surface area contributed by atoms with Gasteiger partial charge in [-0.1, -0.05) is 24.3 Å². The Kier molecular flexibility index (Phi) is 6.04. The number of hydrogen-bond donors (Lipinski definition) is 2. The Morgan fingerprint density at radius 1 is 0.966 bits per heavy atom. The van der Waals surface area contributed by atoms with Crippen molar-refractivity contribution >= 4 is 21.7 Å². The Bertz CT molecular complexity index is 1110. The van der Waals surface area contributed by atoms with Crippen LogP contribution in [0, 0.1) is 6.92 Å². The number of rotatable bonds is 8. The van der Waals surface area contributed by atoms with Gasteiger partial charge in [-0.25, -0.2) is 13.2 Å². The lowest BCUT2D eigenvalue weighted by Gasteiger charge is -2.12. The molecule has 3 rings (SSSR count). The van der Waals surface area contributed by atoms with Crippen molar-refractivity contribution in [3.05, 3.63) is 78.4 Å². The van der Waals surface area contributed by atoms with E-state index in [9.17, 15) is 13.2 Å². The van der Waals surface area contributed by atoms with E-state index in [1.807, 2.05) is 18.2 Å². The summed E-state index contributed by atoms with van der Waals surface area (Å²) in [5, 5.41) is 8.69. The molecular weight excluding hydrogens is 394 g/mol. The largest absolute Gasteiger partial charge is 0.482 e. The lowest BCUT2D eigenvalue weighted by Crippen LogP contribution is -2.14. The molecule has 0 bridgehead atoms. The molecular formula is C21H19NO6S. The van der Waals surface area contributed by atoms with Crippen molar-refractivity contribution in [2.24, 2.45) is 0 Å². The predicted octanol–water partition coefficient (Wildman–Crippen LogP) is 4.05. The summed E-state index contributed by atoms with van der Waals surface area (Å²) in [6, 6.07) is 20.0. The fourth-order valence-corrected chi connectivity index (χ4v) is 3.69. The minimum Gasteiger partial charge on any atom is -0.482 e. The van der Waals surface area contributed by atoms with E-state index in [1.54, 1.807) is 43.3 Å². The van der Waals surface area contributed by atoms with E-state index in [1.165, 1.54) is 18.2 Å². The summed E-state index contributed by atoms with van der Waals surface area (Å²) in [6.07, 6.45) is 0. The average molecular weight is 413 g/mol. The first-order valence-electron chi connectivity index (χ1n) is 8.64. The first kappa shape index (κ1) is 20.2. The van der Waals surface area contributed by atoms with Crippen LogP contribution >= 0.6 is 0 Å². The molecule has 150 valence electrons. The van der Waals surface area contributed by atoms with Gasteiger partial charge in [0.1, 0.15) is 17.2 Å². The second-order valence-corrected chi connectivity index (χ2v) is 7.84. The van der Waals surface area contributed by atoms with Crippen LogP contribution in [0.15, 0.2) is 77.7 Å². The topological polar surface area (TPSA) is 102 Å². The molecule has 7 nitrogen and oxygen atoms in total. The number of aliphatic carboxylic acids is 1. The number of nitrogens with one attached hydrogen (secondary N) is 1. The zero-order chi connectivity index (χ0) is 20.9. The highest BCUT2D eigenvalue weighted by Crippen LogP contribution is 2.27. The lowest BCUT2D eigenvalue weighted by atomic mass is 10.2. The van der Waals surface area contributed by atoms with E-state index < -0.39 is 22.6 Å². The second kappa shape index (κ2) is 8.66. The van der Waals surface area contributed by atoms with Crippen LogP contribution in [0.2, 0.25) is 0 Å². The van der Waals surface area contributed by atoms with Crippen molar-refractivity contribution in [3.8, 4) is 17.2 Å². The Balaban J connectivity index is 1.76. The van der Waals surface area contributed by atoms with Crippen LogP contribution < -0.4 is 14.2 Å². The van der Waals surface area contributed by atoms with Crippen LogP contribution in [0.1, 0.15) is 5.56 Å². The number of benzene rings is 3. The monoisotopic (exact) mass is 413 g/mol. The second-order valence-electron chi connectivity index (χ2n) is 6.16. The van der Waals surface area contributed by atoms with Crippen LogP contribution in [-0.2, 0) is 14.8 Å². The summed E-state index contributed by atoms with van der Waals surface area (Å²) in [7, 11) is -3.85. The van der Waals surface area contributed by atoms with Crippen molar-refractivity contribution in [1.82, 2.24) is 0 Å². The summed E-state index contributed by atoms with van der Waals surface area (Å²) in [5.41, 5.74) is 0.859. The minimum atomic E-state index is -3.85. The maximum atomic E-state index is 12.7. The normalized spacial score (nSPS) is 10.9. The van der Waals surface area contributed by atoms with Gasteiger partial charge in [0.25, 0.3) is 10.0 Å². The first-order valence-corrected chi connectivity index (χ1v) is 10.1. The summed E-state index contributed by atoms with van der Waals surface area (Å²) in [6.45, 7) is 1.14. The third-order valence-corrected chi connectivity index (χ3v) is 5.25. The highest BCUT2D eigenvalue weighted by Gasteiger charge is 2.16. The molecule has 0 heterocycles. The number of anilines is 1. The van der Waals surface area contributed by atoms with Crippen LogP contribution in [0.25, 0.3) is 0 Å². The SMILES string of the molecule is Cc1cc(S(=O)(=O)Nc2cccc(Oc3ccccc3)c2)ccc1OCC(=O)O. The maximum absolute atomic E-state index is 12.7. The van der Waals surface area contributed by atoms with Gasteiger partial charge < -0.3 is 14.6 Å². The molecule has 0 saturated carbocycles. The Hall–Kier alpha value is -3.52. The van der Waals surface area contributed by atoms with Gasteiger partial charge in [-0.15, -0.1) is 0 Å². The van der Waals surface area contributed by atoms with E-state index in [-0.39, 0.29) is 4.90 Å². The quantitative estimate of drug-likeness (QED) is 0.578. The van der Waals surface area contributed by atoms with E-state index in [0.29, 0.717) is 28.5 Å². The summed E-state index contributed by atoms with van der Waals surface area (Å²) >= 11 is 0. The van der Waals surface area contributed by atoms with E-state index in [0.717, 1.165) is 0 Å². The van der Waals surface area contributed by atoms with Crippen LogP contribution in [-0.4, -0.2) is 26.1 Å². The number of carboxylic acids is 1. The Morgan fingerprint density at radius 3 is 2.38 bits per heavy atom. The molecule has 0 aromatic heterocycles. The molecule has 0 aliphatic rings. The number of para-hydroxylation sites is 1. The molecule has 0 spiro atoms. The predicted molar refractivity (Wildman–Crippen MR) is 108 cm³/mol. The van der Waals surface area contributed by atoms with Gasteiger partial charge in [0.05, 0.1) is 10.6 Å². The zero-order valence-electron chi connectivity index (χ0n) is 15.5. The number of carboxylic acid groups (broad SMARTS) is 1. The molecule has 0 unspecified atom stereocenters. The van der Waals surface area contributed by atoms with Gasteiger partial charge in [-0.3, -0.25) is 4.72 Å². The highest BCUT2D eigenvalue weighted by molar-refractivity contribution is 7.92. The fourth-order valence-electron chi connectivity index (χ4n) is 2.55. The van der Waals surface area contributed by atoms with E-state index >= 15 is 0 Å². The summed E-state index contributed by atoms with van der Waals surface area (Å²) in [5.74, 6) is 0.329. The van der Waals surface area contributed by atoms with Crippen molar-refractivity contribution in [3.63, 3.8) is 0 Å². The van der Waals surface area contributed by atoms with E-state index in [4.69, 9.17) is 14.6 Å². The summed E-state index contributed by atoms with van der Waals surface area (Å²) < 4.78 is 38.8. The molecule has 0 saturated heterocycles. The average Bonchev–Trinajstić information content (AvgIpc) is 2.67. The van der Waals surface area contributed by atoms with Crippen LogP contribution in [0.5, 0.6) is 17.2 Å². The number of aryl methyl sites for hydroxylation is 1. The molecule has 0 amide bonds. The van der Waals surface area contributed by atoms with Crippen molar-refractivity contribution < 1.29 is 27.8 Å². The number of hydrogen-bond acceptors (Lipinski definition) is 5. The van der Waals surface area contributed by atoms with Crippen molar-refractivity contribution in [2.45, 2.75) is 11.8 Å². The standard InChI is InChI=1S/C21H19NO6S/c1-15-12-19(10-11-20(15)27-14-21(23)24)29(25,26)22-16-6-5-9-18(13-16)28-17-7-3-2-4-8-17/h2-13,22H,14H2,1H3,(H,23,24). The smallest absolute Gasteiger partial charge is 0.341 e. The fraction of sp³-hybridized carbons (Fsp3) is 0.0952. The van der Waals surface area contributed by atoms with Crippen molar-refractivity contribution in [2.75, 3.05) is 11.3 Å². The molecule has 2 N–H and O–H groups in total. The van der Waals surface area contributed by atoms with Crippen LogP contribution in [0.4, 0.5) is 5.69 Å². The Morgan fingerprint density at radius 2 is 1.69 bits per heavy atom. The van der Waals surface area contributed by atoms with Gasteiger partial charge in [-0.05, 0) is 55.0 Å². The molecule has 8 heteroatoms. The highest BCUT2D eigenvalue weighted by atomic mass is 32.2.